The lowest BCUT2D eigenvalue weighted by molar-refractivity contribution is -0.115. The number of pyridine rings is 1. The van der Waals surface area contributed by atoms with E-state index in [0.29, 0.717) is 16.9 Å². The molecule has 0 bridgehead atoms. The average molecular weight is 439 g/mol. The van der Waals surface area contributed by atoms with Crippen LogP contribution in [0.3, 0.4) is 0 Å². The smallest absolute Gasteiger partial charge is 0.261 e. The van der Waals surface area contributed by atoms with Gasteiger partial charge in [-0.05, 0) is 55.3 Å². The summed E-state index contributed by atoms with van der Waals surface area (Å²) in [6, 6.07) is 14.6. The van der Waals surface area contributed by atoms with E-state index in [1.54, 1.807) is 56.4 Å². The second-order valence-electron chi connectivity index (χ2n) is 6.87. The molecule has 3 aromatic rings. The Hall–Kier alpha value is -3.72. The summed E-state index contributed by atoms with van der Waals surface area (Å²) < 4.78 is 28.1. The summed E-state index contributed by atoms with van der Waals surface area (Å²) in [6.45, 7) is 3.21. The van der Waals surface area contributed by atoms with Gasteiger partial charge in [-0.15, -0.1) is 0 Å². The van der Waals surface area contributed by atoms with Crippen LogP contribution in [0.2, 0.25) is 0 Å². The zero-order valence-electron chi connectivity index (χ0n) is 17.0. The van der Waals surface area contributed by atoms with E-state index in [2.05, 4.69) is 20.3 Å². The van der Waals surface area contributed by atoms with E-state index in [4.69, 9.17) is 0 Å². The van der Waals surface area contributed by atoms with Gasteiger partial charge in [0.2, 0.25) is 5.91 Å². The minimum Gasteiger partial charge on any atom is -0.343 e. The minimum atomic E-state index is -3.90. The number of benzene rings is 2. The van der Waals surface area contributed by atoms with Crippen LogP contribution in [0.5, 0.6) is 0 Å². The maximum absolute atomic E-state index is 12.8. The molecule has 0 fully saturated rings. The molecule has 0 aliphatic heterocycles. The van der Waals surface area contributed by atoms with Crippen molar-refractivity contribution in [1.82, 2.24) is 10.3 Å². The van der Waals surface area contributed by atoms with E-state index in [0.717, 1.165) is 5.56 Å². The van der Waals surface area contributed by atoms with E-state index >= 15 is 0 Å². The summed E-state index contributed by atoms with van der Waals surface area (Å²) in [5.41, 5.74) is 2.49. The highest BCUT2D eigenvalue weighted by Crippen LogP contribution is 2.21. The fourth-order valence-corrected chi connectivity index (χ4v) is 3.96. The third-order valence-corrected chi connectivity index (χ3v) is 5.87. The Balaban J connectivity index is 1.72. The molecule has 3 N–H and O–H groups in total. The van der Waals surface area contributed by atoms with Gasteiger partial charge in [0.1, 0.15) is 0 Å². The molecule has 1 heterocycles. The molecule has 1 aromatic heterocycles. The molecule has 3 rings (SSSR count). The van der Waals surface area contributed by atoms with Gasteiger partial charge in [-0.1, -0.05) is 24.3 Å². The number of para-hydroxylation sites is 1. The van der Waals surface area contributed by atoms with Gasteiger partial charge in [0, 0.05) is 11.8 Å². The number of aryl methyl sites for hydroxylation is 2. The first-order valence-corrected chi connectivity index (χ1v) is 10.9. The van der Waals surface area contributed by atoms with Crippen molar-refractivity contribution in [2.24, 2.45) is 0 Å². The molecule has 0 unspecified atom stereocenters. The van der Waals surface area contributed by atoms with Gasteiger partial charge >= 0.3 is 0 Å². The second-order valence-corrected chi connectivity index (χ2v) is 8.55. The summed E-state index contributed by atoms with van der Waals surface area (Å²) in [5, 5.41) is 5.12. The summed E-state index contributed by atoms with van der Waals surface area (Å²) in [6.07, 6.45) is 3.06. The maximum atomic E-state index is 12.8. The molecule has 0 radical (unpaired) electrons. The van der Waals surface area contributed by atoms with Crippen molar-refractivity contribution >= 4 is 33.2 Å². The van der Waals surface area contributed by atoms with Crippen molar-refractivity contribution in [3.63, 3.8) is 0 Å². The molecule has 9 heteroatoms. The molecular weight excluding hydrogens is 416 g/mol. The van der Waals surface area contributed by atoms with Gasteiger partial charge in [0.25, 0.3) is 15.9 Å². The Morgan fingerprint density at radius 3 is 2.45 bits per heavy atom. The van der Waals surface area contributed by atoms with E-state index in [9.17, 15) is 18.0 Å². The SMILES string of the molecule is Cc1ccccc1NS(=O)(=O)c1ccc(C)c(C(=O)NCC(=O)Nc2cccnc2)c1. The van der Waals surface area contributed by atoms with Crippen LogP contribution in [-0.2, 0) is 14.8 Å². The molecule has 0 saturated heterocycles. The molecule has 0 spiro atoms. The lowest BCUT2D eigenvalue weighted by atomic mass is 10.1. The highest BCUT2D eigenvalue weighted by Gasteiger charge is 2.19. The van der Waals surface area contributed by atoms with E-state index in [1.807, 2.05) is 6.07 Å². The fraction of sp³-hybridized carbons (Fsp3) is 0.136. The lowest BCUT2D eigenvalue weighted by Gasteiger charge is -2.13. The van der Waals surface area contributed by atoms with Crippen molar-refractivity contribution in [2.75, 3.05) is 16.6 Å². The van der Waals surface area contributed by atoms with Crippen molar-refractivity contribution in [1.29, 1.82) is 0 Å². The predicted molar refractivity (Wildman–Crippen MR) is 118 cm³/mol. The van der Waals surface area contributed by atoms with Gasteiger partial charge in [-0.2, -0.15) is 0 Å². The number of hydrogen-bond acceptors (Lipinski definition) is 5. The summed E-state index contributed by atoms with van der Waals surface area (Å²) in [4.78, 5) is 28.5. The average Bonchev–Trinajstić information content (AvgIpc) is 2.74. The van der Waals surface area contributed by atoms with Crippen LogP contribution in [0.1, 0.15) is 21.5 Å². The Morgan fingerprint density at radius 2 is 1.74 bits per heavy atom. The summed E-state index contributed by atoms with van der Waals surface area (Å²) in [5.74, 6) is -0.976. The van der Waals surface area contributed by atoms with Crippen LogP contribution in [0.25, 0.3) is 0 Å². The first-order valence-electron chi connectivity index (χ1n) is 9.43. The topological polar surface area (TPSA) is 117 Å². The van der Waals surface area contributed by atoms with Crippen LogP contribution in [0.4, 0.5) is 11.4 Å². The number of nitrogens with one attached hydrogen (secondary N) is 3. The van der Waals surface area contributed by atoms with Crippen LogP contribution >= 0.6 is 0 Å². The Labute approximate surface area is 180 Å². The first kappa shape index (κ1) is 22.0. The molecular formula is C22H22N4O4S. The zero-order valence-corrected chi connectivity index (χ0v) is 17.9. The normalized spacial score (nSPS) is 10.9. The molecule has 0 aliphatic rings. The third kappa shape index (κ3) is 5.67. The molecule has 8 nitrogen and oxygen atoms in total. The van der Waals surface area contributed by atoms with Gasteiger partial charge in [-0.3, -0.25) is 19.3 Å². The van der Waals surface area contributed by atoms with Crippen LogP contribution in [-0.4, -0.2) is 31.8 Å². The minimum absolute atomic E-state index is 0.0497. The van der Waals surface area contributed by atoms with Crippen molar-refractivity contribution in [3.05, 3.63) is 83.7 Å². The van der Waals surface area contributed by atoms with Crippen LogP contribution < -0.4 is 15.4 Å². The molecule has 0 aliphatic carbocycles. The van der Waals surface area contributed by atoms with E-state index < -0.39 is 21.8 Å². The number of hydrogen-bond donors (Lipinski definition) is 3. The first-order chi connectivity index (χ1) is 14.8. The van der Waals surface area contributed by atoms with E-state index in [-0.39, 0.29) is 17.0 Å². The highest BCUT2D eigenvalue weighted by molar-refractivity contribution is 7.92. The summed E-state index contributed by atoms with van der Waals surface area (Å²) in [7, 11) is -3.90. The van der Waals surface area contributed by atoms with Crippen molar-refractivity contribution in [3.8, 4) is 0 Å². The van der Waals surface area contributed by atoms with Gasteiger partial charge < -0.3 is 10.6 Å². The quantitative estimate of drug-likeness (QED) is 0.524. The Kier molecular flexibility index (Phi) is 6.66. The molecule has 0 atom stereocenters. The largest absolute Gasteiger partial charge is 0.343 e. The lowest BCUT2D eigenvalue weighted by Crippen LogP contribution is -2.33. The monoisotopic (exact) mass is 438 g/mol. The van der Waals surface area contributed by atoms with Crippen LogP contribution in [0.15, 0.2) is 71.9 Å². The molecule has 0 saturated carbocycles. The Bertz CT molecular complexity index is 1210. The third-order valence-electron chi connectivity index (χ3n) is 4.51. The molecule has 2 aromatic carbocycles. The predicted octanol–water partition coefficient (Wildman–Crippen LogP) is 2.87. The molecule has 31 heavy (non-hydrogen) atoms. The number of aromatic nitrogens is 1. The van der Waals surface area contributed by atoms with Crippen molar-refractivity contribution in [2.45, 2.75) is 18.7 Å². The molecule has 2 amide bonds. The number of rotatable bonds is 7. The number of amides is 2. The maximum Gasteiger partial charge on any atom is 0.261 e. The molecule has 160 valence electrons. The van der Waals surface area contributed by atoms with Crippen LogP contribution in [0, 0.1) is 13.8 Å². The fourth-order valence-electron chi connectivity index (χ4n) is 2.80. The second kappa shape index (κ2) is 9.40. The number of carbonyl (C=O) groups is 2. The van der Waals surface area contributed by atoms with Gasteiger partial charge in [0.05, 0.1) is 29.0 Å². The summed E-state index contributed by atoms with van der Waals surface area (Å²) >= 11 is 0. The number of nitrogens with zero attached hydrogens (tertiary/aromatic N) is 1. The van der Waals surface area contributed by atoms with E-state index in [1.165, 1.54) is 18.3 Å². The van der Waals surface area contributed by atoms with Gasteiger partial charge in [-0.25, -0.2) is 8.42 Å². The number of sulfonamides is 1. The van der Waals surface area contributed by atoms with Gasteiger partial charge in [0.15, 0.2) is 0 Å². The standard InChI is InChI=1S/C22H22N4O4S/c1-15-9-10-18(31(29,30)26-20-8-4-3-6-16(20)2)12-19(15)22(28)24-14-21(27)25-17-7-5-11-23-13-17/h3-13,26H,14H2,1-2H3,(H,24,28)(H,25,27). The highest BCUT2D eigenvalue weighted by atomic mass is 32.2. The number of anilines is 2. The number of carbonyl (C=O) groups excluding carboxylic acids is 2. The zero-order chi connectivity index (χ0) is 22.4. The Morgan fingerprint density at radius 1 is 0.968 bits per heavy atom. The van der Waals surface area contributed by atoms with Crippen molar-refractivity contribution < 1.29 is 18.0 Å².